The Morgan fingerprint density at radius 1 is 1.12 bits per heavy atom. The van der Waals surface area contributed by atoms with Gasteiger partial charge in [-0.25, -0.2) is 13.8 Å². The van der Waals surface area contributed by atoms with Gasteiger partial charge in [-0.05, 0) is 36.8 Å². The number of halogens is 2. The Morgan fingerprint density at radius 3 is 2.47 bits per heavy atom. The molecule has 0 fully saturated rings. The summed E-state index contributed by atoms with van der Waals surface area (Å²) >= 11 is 0. The van der Waals surface area contributed by atoms with Gasteiger partial charge < -0.3 is 11.5 Å². The predicted octanol–water partition coefficient (Wildman–Crippen LogP) is 2.50. The number of anilines is 2. The molecule has 0 spiro atoms. The quantitative estimate of drug-likeness (QED) is 0.746. The highest BCUT2D eigenvalue weighted by atomic mass is 19.1. The molecule has 1 aromatic carbocycles. The van der Waals surface area contributed by atoms with Crippen LogP contribution in [0.4, 0.5) is 20.3 Å². The van der Waals surface area contributed by atoms with E-state index in [0.717, 1.165) is 6.07 Å². The predicted molar refractivity (Wildman–Crippen MR) is 63.2 cm³/mol. The molecule has 0 saturated carbocycles. The van der Waals surface area contributed by atoms with Crippen molar-refractivity contribution in [2.75, 3.05) is 11.5 Å². The van der Waals surface area contributed by atoms with Gasteiger partial charge >= 0.3 is 0 Å². The van der Waals surface area contributed by atoms with Crippen LogP contribution in [0.25, 0.3) is 11.1 Å². The van der Waals surface area contributed by atoms with E-state index in [1.54, 1.807) is 13.0 Å². The molecule has 88 valence electrons. The fourth-order valence-corrected chi connectivity index (χ4v) is 1.64. The third-order valence-electron chi connectivity index (χ3n) is 2.41. The van der Waals surface area contributed by atoms with Gasteiger partial charge in [0.25, 0.3) is 0 Å². The van der Waals surface area contributed by atoms with Crippen molar-refractivity contribution in [2.24, 2.45) is 0 Å². The Bertz CT molecular complexity index is 562. The first-order valence-electron chi connectivity index (χ1n) is 4.97. The standard InChI is InChI=1S/C12H11F2N3/c1-6-4-7(5-10(15)17-6)8-2-3-9(13)12(16)11(8)14/h2-5H,16H2,1H3,(H2,15,17). The lowest BCUT2D eigenvalue weighted by Gasteiger charge is -2.08. The van der Waals surface area contributed by atoms with E-state index in [1.807, 2.05) is 0 Å². The molecule has 2 aromatic rings. The molecule has 0 atom stereocenters. The summed E-state index contributed by atoms with van der Waals surface area (Å²) in [4.78, 5) is 3.98. The van der Waals surface area contributed by atoms with E-state index in [0.29, 0.717) is 11.3 Å². The molecule has 0 unspecified atom stereocenters. The number of nitrogens with zero attached hydrogens (tertiary/aromatic N) is 1. The molecule has 4 N–H and O–H groups in total. The number of aromatic nitrogens is 1. The van der Waals surface area contributed by atoms with E-state index in [-0.39, 0.29) is 11.4 Å². The van der Waals surface area contributed by atoms with Gasteiger partial charge in [0.15, 0.2) is 5.82 Å². The summed E-state index contributed by atoms with van der Waals surface area (Å²) in [5.41, 5.74) is 11.8. The minimum Gasteiger partial charge on any atom is -0.394 e. The van der Waals surface area contributed by atoms with Crippen molar-refractivity contribution in [3.05, 3.63) is 41.6 Å². The van der Waals surface area contributed by atoms with Crippen molar-refractivity contribution < 1.29 is 8.78 Å². The van der Waals surface area contributed by atoms with Gasteiger partial charge in [-0.15, -0.1) is 0 Å². The number of hydrogen-bond acceptors (Lipinski definition) is 3. The third kappa shape index (κ3) is 2.04. The van der Waals surface area contributed by atoms with Crippen molar-refractivity contribution in [3.63, 3.8) is 0 Å². The van der Waals surface area contributed by atoms with E-state index in [1.165, 1.54) is 12.1 Å². The maximum atomic E-state index is 13.8. The van der Waals surface area contributed by atoms with Crippen molar-refractivity contribution in [1.29, 1.82) is 0 Å². The lowest BCUT2D eigenvalue weighted by atomic mass is 10.0. The molecule has 0 saturated heterocycles. The lowest BCUT2D eigenvalue weighted by molar-refractivity contribution is 0.594. The maximum Gasteiger partial charge on any atom is 0.156 e. The first-order valence-corrected chi connectivity index (χ1v) is 4.97. The molecule has 0 aliphatic carbocycles. The van der Waals surface area contributed by atoms with Crippen LogP contribution < -0.4 is 11.5 Å². The first kappa shape index (κ1) is 11.3. The Hall–Kier alpha value is -2.17. The number of pyridine rings is 1. The molecule has 0 aliphatic heterocycles. The van der Waals surface area contributed by atoms with E-state index >= 15 is 0 Å². The second kappa shape index (κ2) is 4.01. The topological polar surface area (TPSA) is 64.9 Å². The Labute approximate surface area is 97.1 Å². The van der Waals surface area contributed by atoms with Gasteiger partial charge in [0.1, 0.15) is 17.3 Å². The van der Waals surface area contributed by atoms with Crippen LogP contribution in [0.3, 0.4) is 0 Å². The van der Waals surface area contributed by atoms with Crippen LogP contribution in [-0.4, -0.2) is 4.98 Å². The summed E-state index contributed by atoms with van der Waals surface area (Å²) in [7, 11) is 0. The SMILES string of the molecule is Cc1cc(-c2ccc(F)c(N)c2F)cc(N)n1. The van der Waals surface area contributed by atoms with Crippen LogP contribution in [-0.2, 0) is 0 Å². The molecule has 0 aliphatic rings. The zero-order valence-corrected chi connectivity index (χ0v) is 9.17. The molecule has 17 heavy (non-hydrogen) atoms. The smallest absolute Gasteiger partial charge is 0.156 e. The van der Waals surface area contributed by atoms with Crippen LogP contribution in [0.1, 0.15) is 5.69 Å². The zero-order chi connectivity index (χ0) is 12.6. The molecular formula is C12H11F2N3. The fraction of sp³-hybridized carbons (Fsp3) is 0.0833. The van der Waals surface area contributed by atoms with Crippen LogP contribution >= 0.6 is 0 Å². The minimum absolute atomic E-state index is 0.209. The summed E-state index contributed by atoms with van der Waals surface area (Å²) in [6.45, 7) is 1.74. The molecular weight excluding hydrogens is 224 g/mol. The lowest BCUT2D eigenvalue weighted by Crippen LogP contribution is -1.99. The third-order valence-corrected chi connectivity index (χ3v) is 2.41. The van der Waals surface area contributed by atoms with Crippen LogP contribution in [0.2, 0.25) is 0 Å². The number of aryl methyl sites for hydroxylation is 1. The molecule has 2 rings (SSSR count). The van der Waals surface area contributed by atoms with E-state index < -0.39 is 17.3 Å². The summed E-state index contributed by atoms with van der Waals surface area (Å²) in [5.74, 6) is -1.28. The highest BCUT2D eigenvalue weighted by molar-refractivity contribution is 5.70. The number of nitrogen functional groups attached to an aromatic ring is 2. The van der Waals surface area contributed by atoms with Crippen molar-refractivity contribution in [2.45, 2.75) is 6.92 Å². The fourth-order valence-electron chi connectivity index (χ4n) is 1.64. The van der Waals surface area contributed by atoms with Gasteiger partial charge in [0, 0.05) is 11.3 Å². The molecule has 3 nitrogen and oxygen atoms in total. The van der Waals surface area contributed by atoms with E-state index in [9.17, 15) is 8.78 Å². The Balaban J connectivity index is 2.64. The Kier molecular flexibility index (Phi) is 2.67. The highest BCUT2D eigenvalue weighted by Crippen LogP contribution is 2.29. The van der Waals surface area contributed by atoms with E-state index in [2.05, 4.69) is 4.98 Å². The van der Waals surface area contributed by atoms with Gasteiger partial charge in [0.05, 0.1) is 0 Å². The molecule has 0 radical (unpaired) electrons. The van der Waals surface area contributed by atoms with Crippen LogP contribution in [0.15, 0.2) is 24.3 Å². The van der Waals surface area contributed by atoms with Crippen molar-refractivity contribution >= 4 is 11.5 Å². The molecule has 0 amide bonds. The van der Waals surface area contributed by atoms with Crippen molar-refractivity contribution in [1.82, 2.24) is 4.98 Å². The van der Waals surface area contributed by atoms with Crippen LogP contribution in [0.5, 0.6) is 0 Å². The summed E-state index contributed by atoms with van der Waals surface area (Å²) < 4.78 is 26.8. The summed E-state index contributed by atoms with van der Waals surface area (Å²) in [5, 5.41) is 0. The summed E-state index contributed by atoms with van der Waals surface area (Å²) in [6.07, 6.45) is 0. The first-order chi connectivity index (χ1) is 7.99. The Morgan fingerprint density at radius 2 is 1.82 bits per heavy atom. The maximum absolute atomic E-state index is 13.8. The van der Waals surface area contributed by atoms with Crippen LogP contribution in [0, 0.1) is 18.6 Å². The highest BCUT2D eigenvalue weighted by Gasteiger charge is 2.12. The number of rotatable bonds is 1. The average Bonchev–Trinajstić information content (AvgIpc) is 2.24. The number of hydrogen-bond donors (Lipinski definition) is 2. The van der Waals surface area contributed by atoms with Gasteiger partial charge in [-0.3, -0.25) is 0 Å². The molecule has 1 heterocycles. The minimum atomic E-state index is -0.782. The number of benzene rings is 1. The second-order valence-electron chi connectivity index (χ2n) is 3.74. The van der Waals surface area contributed by atoms with Crippen molar-refractivity contribution in [3.8, 4) is 11.1 Å². The largest absolute Gasteiger partial charge is 0.394 e. The van der Waals surface area contributed by atoms with Gasteiger partial charge in [-0.2, -0.15) is 0 Å². The van der Waals surface area contributed by atoms with Gasteiger partial charge in [-0.1, -0.05) is 0 Å². The second-order valence-corrected chi connectivity index (χ2v) is 3.74. The summed E-state index contributed by atoms with van der Waals surface area (Å²) in [6, 6.07) is 5.63. The molecule has 1 aromatic heterocycles. The van der Waals surface area contributed by atoms with Gasteiger partial charge in [0.2, 0.25) is 0 Å². The molecule has 5 heteroatoms. The monoisotopic (exact) mass is 235 g/mol. The molecule has 0 bridgehead atoms. The normalized spacial score (nSPS) is 10.5. The zero-order valence-electron chi connectivity index (χ0n) is 9.17. The van der Waals surface area contributed by atoms with E-state index in [4.69, 9.17) is 11.5 Å². The number of nitrogens with two attached hydrogens (primary N) is 2. The average molecular weight is 235 g/mol.